The van der Waals surface area contributed by atoms with Crippen LogP contribution in [0.5, 0.6) is 0 Å². The Morgan fingerprint density at radius 1 is 1.07 bits per heavy atom. The molecule has 2 heteroatoms. The van der Waals surface area contributed by atoms with Crippen molar-refractivity contribution in [3.63, 3.8) is 0 Å². The number of rotatable bonds is 3. The van der Waals surface area contributed by atoms with Crippen LogP contribution in [0.25, 0.3) is 0 Å². The van der Waals surface area contributed by atoms with Crippen LogP contribution in [0.15, 0.2) is 0 Å². The average molecular weight is 195 g/mol. The van der Waals surface area contributed by atoms with Crippen molar-refractivity contribution >= 4 is 0 Å². The number of aliphatic hydroxyl groups excluding tert-OH is 1. The van der Waals surface area contributed by atoms with Gasteiger partial charge in [0.2, 0.25) is 0 Å². The Balaban J connectivity index is 1.41. The van der Waals surface area contributed by atoms with Gasteiger partial charge in [-0.15, -0.1) is 0 Å². The fourth-order valence-corrected chi connectivity index (χ4v) is 3.68. The minimum atomic E-state index is 0.0156. The van der Waals surface area contributed by atoms with E-state index in [0.29, 0.717) is 0 Å². The molecule has 0 spiro atoms. The Hall–Kier alpha value is -0.0800. The largest absolute Gasteiger partial charge is 0.393 e. The highest BCUT2D eigenvalue weighted by molar-refractivity contribution is 4.94. The summed E-state index contributed by atoms with van der Waals surface area (Å²) in [6.07, 6.45) is 7.97. The molecule has 2 bridgehead atoms. The molecule has 0 radical (unpaired) electrons. The van der Waals surface area contributed by atoms with E-state index in [0.717, 1.165) is 43.2 Å². The van der Waals surface area contributed by atoms with Gasteiger partial charge >= 0.3 is 0 Å². The van der Waals surface area contributed by atoms with Gasteiger partial charge in [0.15, 0.2) is 0 Å². The Kier molecular flexibility index (Phi) is 2.29. The van der Waals surface area contributed by atoms with Crippen molar-refractivity contribution in [2.24, 2.45) is 17.8 Å². The molecule has 3 fully saturated rings. The summed E-state index contributed by atoms with van der Waals surface area (Å²) in [5, 5.41) is 12.9. The summed E-state index contributed by atoms with van der Waals surface area (Å²) >= 11 is 0. The van der Waals surface area contributed by atoms with Gasteiger partial charge in [-0.1, -0.05) is 6.42 Å². The molecule has 0 aromatic heterocycles. The van der Waals surface area contributed by atoms with E-state index in [9.17, 15) is 5.11 Å². The van der Waals surface area contributed by atoms with Crippen molar-refractivity contribution in [1.82, 2.24) is 5.32 Å². The summed E-state index contributed by atoms with van der Waals surface area (Å²) in [7, 11) is 0. The van der Waals surface area contributed by atoms with Gasteiger partial charge in [0.1, 0.15) is 0 Å². The maximum absolute atomic E-state index is 9.19. The van der Waals surface area contributed by atoms with Crippen molar-refractivity contribution in [3.05, 3.63) is 0 Å². The zero-order chi connectivity index (χ0) is 9.54. The normalized spacial score (nSPS) is 50.8. The van der Waals surface area contributed by atoms with Crippen LogP contribution in [0.2, 0.25) is 0 Å². The summed E-state index contributed by atoms with van der Waals surface area (Å²) in [4.78, 5) is 0. The highest BCUT2D eigenvalue weighted by Gasteiger charge is 2.39. The molecular formula is C12H21NO. The third-order valence-electron chi connectivity index (χ3n) is 4.62. The standard InChI is InChI=1S/C12H21NO/c14-11-4-9(5-11)7-13-12-6-8-1-2-10(12)3-8/h8-14H,1-7H2. The van der Waals surface area contributed by atoms with Gasteiger partial charge in [-0.05, 0) is 56.4 Å². The van der Waals surface area contributed by atoms with Gasteiger partial charge < -0.3 is 10.4 Å². The first-order valence-corrected chi connectivity index (χ1v) is 6.22. The van der Waals surface area contributed by atoms with Crippen LogP contribution in [-0.4, -0.2) is 23.8 Å². The molecule has 3 aliphatic rings. The van der Waals surface area contributed by atoms with Crippen LogP contribution < -0.4 is 5.32 Å². The molecule has 0 saturated heterocycles. The summed E-state index contributed by atoms with van der Waals surface area (Å²) in [5.74, 6) is 2.80. The van der Waals surface area contributed by atoms with Gasteiger partial charge in [0, 0.05) is 6.04 Å². The first-order chi connectivity index (χ1) is 6.81. The lowest BCUT2D eigenvalue weighted by Crippen LogP contribution is -2.42. The minimum Gasteiger partial charge on any atom is -0.393 e. The molecule has 0 aliphatic heterocycles. The Morgan fingerprint density at radius 2 is 1.93 bits per heavy atom. The van der Waals surface area contributed by atoms with E-state index in [1.807, 2.05) is 0 Å². The third kappa shape index (κ3) is 1.59. The molecule has 14 heavy (non-hydrogen) atoms. The fourth-order valence-electron chi connectivity index (χ4n) is 3.68. The lowest BCUT2D eigenvalue weighted by molar-refractivity contribution is 0.0409. The molecule has 3 unspecified atom stereocenters. The van der Waals surface area contributed by atoms with Crippen molar-refractivity contribution in [3.8, 4) is 0 Å². The molecule has 3 saturated carbocycles. The lowest BCUT2D eigenvalue weighted by Gasteiger charge is -2.33. The molecule has 3 atom stereocenters. The van der Waals surface area contributed by atoms with Crippen molar-refractivity contribution in [1.29, 1.82) is 0 Å². The van der Waals surface area contributed by atoms with Crippen molar-refractivity contribution < 1.29 is 5.11 Å². The van der Waals surface area contributed by atoms with E-state index >= 15 is 0 Å². The molecule has 3 aliphatic carbocycles. The molecule has 80 valence electrons. The van der Waals surface area contributed by atoms with Gasteiger partial charge in [-0.25, -0.2) is 0 Å². The third-order valence-corrected chi connectivity index (χ3v) is 4.62. The molecule has 0 amide bonds. The second-order valence-corrected chi connectivity index (χ2v) is 5.68. The minimum absolute atomic E-state index is 0.0156. The van der Waals surface area contributed by atoms with Crippen LogP contribution in [0.1, 0.15) is 38.5 Å². The first-order valence-electron chi connectivity index (χ1n) is 6.22. The highest BCUT2D eigenvalue weighted by Crippen LogP contribution is 2.44. The second-order valence-electron chi connectivity index (χ2n) is 5.68. The molecule has 0 heterocycles. The maximum Gasteiger partial charge on any atom is 0.0546 e. The van der Waals surface area contributed by atoms with Gasteiger partial charge in [0.25, 0.3) is 0 Å². The molecule has 0 aromatic carbocycles. The number of aliphatic hydroxyl groups is 1. The SMILES string of the molecule is OC1CC(CNC2CC3CCC2C3)C1. The zero-order valence-electron chi connectivity index (χ0n) is 8.78. The summed E-state index contributed by atoms with van der Waals surface area (Å²) in [6, 6.07) is 0.825. The van der Waals surface area contributed by atoms with Crippen LogP contribution in [0.4, 0.5) is 0 Å². The molecule has 2 nitrogen and oxygen atoms in total. The van der Waals surface area contributed by atoms with E-state index in [-0.39, 0.29) is 6.10 Å². The second kappa shape index (κ2) is 3.49. The van der Waals surface area contributed by atoms with E-state index in [1.165, 1.54) is 25.7 Å². The monoisotopic (exact) mass is 195 g/mol. The highest BCUT2D eigenvalue weighted by atomic mass is 16.3. The topological polar surface area (TPSA) is 32.3 Å². The molecule has 3 rings (SSSR count). The van der Waals surface area contributed by atoms with Crippen molar-refractivity contribution in [2.45, 2.75) is 50.7 Å². The number of hydrogen-bond acceptors (Lipinski definition) is 2. The van der Waals surface area contributed by atoms with Crippen molar-refractivity contribution in [2.75, 3.05) is 6.54 Å². The summed E-state index contributed by atoms with van der Waals surface area (Å²) < 4.78 is 0. The molecular weight excluding hydrogens is 174 g/mol. The Morgan fingerprint density at radius 3 is 2.50 bits per heavy atom. The number of fused-ring (bicyclic) bond motifs is 2. The first kappa shape index (κ1) is 9.17. The molecule has 2 N–H and O–H groups in total. The average Bonchev–Trinajstić information content (AvgIpc) is 2.71. The van der Waals surface area contributed by atoms with Gasteiger partial charge in [0.05, 0.1) is 6.10 Å². The summed E-state index contributed by atoms with van der Waals surface area (Å²) in [5.41, 5.74) is 0. The summed E-state index contributed by atoms with van der Waals surface area (Å²) in [6.45, 7) is 1.16. The fraction of sp³-hybridized carbons (Fsp3) is 1.00. The van der Waals surface area contributed by atoms with Gasteiger partial charge in [-0.3, -0.25) is 0 Å². The Labute approximate surface area is 86.1 Å². The quantitative estimate of drug-likeness (QED) is 0.716. The van der Waals surface area contributed by atoms with E-state index in [1.54, 1.807) is 0 Å². The van der Waals surface area contributed by atoms with E-state index < -0.39 is 0 Å². The van der Waals surface area contributed by atoms with Gasteiger partial charge in [-0.2, -0.15) is 0 Å². The lowest BCUT2D eigenvalue weighted by atomic mass is 9.82. The van der Waals surface area contributed by atoms with Crippen LogP contribution >= 0.6 is 0 Å². The van der Waals surface area contributed by atoms with Crippen LogP contribution in [0.3, 0.4) is 0 Å². The zero-order valence-corrected chi connectivity index (χ0v) is 8.78. The van der Waals surface area contributed by atoms with E-state index in [4.69, 9.17) is 0 Å². The van der Waals surface area contributed by atoms with E-state index in [2.05, 4.69) is 5.32 Å². The molecule has 0 aromatic rings. The smallest absolute Gasteiger partial charge is 0.0546 e. The number of hydrogen-bond donors (Lipinski definition) is 2. The Bertz CT molecular complexity index is 212. The van der Waals surface area contributed by atoms with Crippen LogP contribution in [-0.2, 0) is 0 Å². The maximum atomic E-state index is 9.19. The van der Waals surface area contributed by atoms with Crippen LogP contribution in [0, 0.1) is 17.8 Å². The number of nitrogens with one attached hydrogen (secondary N) is 1. The predicted octanol–water partition coefficient (Wildman–Crippen LogP) is 1.54. The predicted molar refractivity (Wildman–Crippen MR) is 56.0 cm³/mol.